The number of rotatable bonds is 47. The minimum atomic E-state index is -0.680. The van der Waals surface area contributed by atoms with Crippen molar-refractivity contribution in [2.45, 2.75) is 289 Å². The standard InChI is InChI=1S/C51H99NO5/c1-3-5-7-9-11-13-15-17-18-19-20-21-23-25-29-33-37-41-45-51(56)57-46-42-38-34-30-26-28-32-36-40-44-50(55)52-48(47-53)49(54)43-39-35-31-27-24-22-16-14-12-10-8-6-4-2/h18-19,48-49,53-54H,3-17,20-47H2,1-2H3,(H,52,55)/b19-18-. The van der Waals surface area contributed by atoms with Crippen molar-refractivity contribution in [2.75, 3.05) is 13.2 Å². The van der Waals surface area contributed by atoms with Crippen molar-refractivity contribution in [1.82, 2.24) is 5.32 Å². The lowest BCUT2D eigenvalue weighted by Crippen LogP contribution is -2.45. The highest BCUT2D eigenvalue weighted by molar-refractivity contribution is 5.76. The van der Waals surface area contributed by atoms with Gasteiger partial charge in [-0.05, 0) is 51.4 Å². The van der Waals surface area contributed by atoms with Crippen molar-refractivity contribution >= 4 is 11.9 Å². The van der Waals surface area contributed by atoms with Gasteiger partial charge in [-0.1, -0.05) is 225 Å². The van der Waals surface area contributed by atoms with Gasteiger partial charge in [0.15, 0.2) is 0 Å². The second-order valence-electron chi connectivity index (χ2n) is 17.5. The van der Waals surface area contributed by atoms with Gasteiger partial charge in [0, 0.05) is 12.8 Å². The van der Waals surface area contributed by atoms with Crippen LogP contribution in [0.3, 0.4) is 0 Å². The first-order chi connectivity index (χ1) is 28.0. The first-order valence-corrected chi connectivity index (χ1v) is 25.4. The molecule has 0 heterocycles. The lowest BCUT2D eigenvalue weighted by atomic mass is 10.0. The highest BCUT2D eigenvalue weighted by atomic mass is 16.5. The van der Waals surface area contributed by atoms with E-state index in [4.69, 9.17) is 4.74 Å². The van der Waals surface area contributed by atoms with Gasteiger partial charge in [-0.3, -0.25) is 9.59 Å². The average Bonchev–Trinajstić information content (AvgIpc) is 3.21. The van der Waals surface area contributed by atoms with E-state index in [1.165, 1.54) is 186 Å². The Balaban J connectivity index is 3.47. The minimum Gasteiger partial charge on any atom is -0.466 e. The Morgan fingerprint density at radius 3 is 1.25 bits per heavy atom. The molecular weight excluding hydrogens is 707 g/mol. The van der Waals surface area contributed by atoms with E-state index in [1.807, 2.05) is 0 Å². The predicted octanol–water partition coefficient (Wildman–Crippen LogP) is 15.0. The van der Waals surface area contributed by atoms with Crippen molar-refractivity contribution in [3.63, 3.8) is 0 Å². The lowest BCUT2D eigenvalue weighted by molar-refractivity contribution is -0.143. The number of aliphatic hydroxyl groups is 2. The van der Waals surface area contributed by atoms with Gasteiger partial charge in [-0.25, -0.2) is 0 Å². The van der Waals surface area contributed by atoms with Crippen LogP contribution in [-0.2, 0) is 14.3 Å². The van der Waals surface area contributed by atoms with Crippen molar-refractivity contribution in [3.8, 4) is 0 Å². The van der Waals surface area contributed by atoms with E-state index in [1.54, 1.807) is 0 Å². The van der Waals surface area contributed by atoms with Crippen LogP contribution in [0.5, 0.6) is 0 Å². The van der Waals surface area contributed by atoms with Crippen LogP contribution in [0.15, 0.2) is 12.2 Å². The quantitative estimate of drug-likeness (QED) is 0.0323. The van der Waals surface area contributed by atoms with E-state index in [0.717, 1.165) is 57.8 Å². The summed E-state index contributed by atoms with van der Waals surface area (Å²) >= 11 is 0. The van der Waals surface area contributed by atoms with E-state index < -0.39 is 12.1 Å². The Hall–Kier alpha value is -1.40. The molecule has 0 rings (SSSR count). The van der Waals surface area contributed by atoms with Crippen LogP contribution in [0.2, 0.25) is 0 Å². The van der Waals surface area contributed by atoms with E-state index in [2.05, 4.69) is 31.3 Å². The summed E-state index contributed by atoms with van der Waals surface area (Å²) in [7, 11) is 0. The fourth-order valence-corrected chi connectivity index (χ4v) is 7.87. The van der Waals surface area contributed by atoms with Gasteiger partial charge in [-0.2, -0.15) is 0 Å². The zero-order valence-corrected chi connectivity index (χ0v) is 38.3. The smallest absolute Gasteiger partial charge is 0.305 e. The minimum absolute atomic E-state index is 0.0277. The molecule has 0 aromatic carbocycles. The molecule has 0 aliphatic carbocycles. The number of nitrogens with one attached hydrogen (secondary N) is 1. The van der Waals surface area contributed by atoms with Crippen LogP contribution >= 0.6 is 0 Å². The van der Waals surface area contributed by atoms with Crippen LogP contribution in [0.25, 0.3) is 0 Å². The Morgan fingerprint density at radius 2 is 0.825 bits per heavy atom. The Labute approximate surface area is 355 Å². The van der Waals surface area contributed by atoms with Crippen molar-refractivity contribution < 1.29 is 24.5 Å². The summed E-state index contributed by atoms with van der Waals surface area (Å²) in [5, 5.41) is 23.2. The fourth-order valence-electron chi connectivity index (χ4n) is 7.87. The molecule has 0 aromatic heterocycles. The number of hydrogen-bond donors (Lipinski definition) is 3. The van der Waals surface area contributed by atoms with Crippen LogP contribution in [-0.4, -0.2) is 47.4 Å². The normalized spacial score (nSPS) is 12.7. The third-order valence-electron chi connectivity index (χ3n) is 11.8. The number of carbonyl (C=O) groups excluding carboxylic acids is 2. The van der Waals surface area contributed by atoms with E-state index in [0.29, 0.717) is 25.9 Å². The molecule has 0 bridgehead atoms. The summed E-state index contributed by atoms with van der Waals surface area (Å²) in [6.45, 7) is 4.89. The third-order valence-corrected chi connectivity index (χ3v) is 11.8. The molecule has 0 spiro atoms. The molecule has 0 radical (unpaired) electrons. The molecule has 0 fully saturated rings. The number of hydrogen-bond acceptors (Lipinski definition) is 5. The molecular formula is C51H99NO5. The summed E-state index contributed by atoms with van der Waals surface area (Å²) in [6.07, 6.45) is 53.2. The molecule has 0 saturated carbocycles. The molecule has 0 aliphatic heterocycles. The molecule has 0 aliphatic rings. The van der Waals surface area contributed by atoms with Crippen LogP contribution < -0.4 is 5.32 Å². The largest absolute Gasteiger partial charge is 0.466 e. The second kappa shape index (κ2) is 47.3. The second-order valence-corrected chi connectivity index (χ2v) is 17.5. The van der Waals surface area contributed by atoms with Crippen molar-refractivity contribution in [3.05, 3.63) is 12.2 Å². The summed E-state index contributed by atoms with van der Waals surface area (Å²) in [5.41, 5.74) is 0. The predicted molar refractivity (Wildman–Crippen MR) is 246 cm³/mol. The number of amides is 1. The van der Waals surface area contributed by atoms with Crippen LogP contribution in [0, 0.1) is 0 Å². The number of unbranched alkanes of at least 4 members (excludes halogenated alkanes) is 34. The number of allylic oxidation sites excluding steroid dienone is 2. The van der Waals surface area contributed by atoms with E-state index in [9.17, 15) is 19.8 Å². The fraction of sp³-hybridized carbons (Fsp3) is 0.922. The Bertz CT molecular complexity index is 847. The first-order valence-electron chi connectivity index (χ1n) is 25.4. The maximum atomic E-state index is 12.4. The summed E-state index contributed by atoms with van der Waals surface area (Å²) in [4.78, 5) is 24.5. The number of carbonyl (C=O) groups is 2. The average molecular weight is 806 g/mol. The van der Waals surface area contributed by atoms with Crippen molar-refractivity contribution in [2.24, 2.45) is 0 Å². The highest BCUT2D eigenvalue weighted by Gasteiger charge is 2.20. The Kier molecular flexibility index (Phi) is 46.1. The van der Waals surface area contributed by atoms with Crippen LogP contribution in [0.4, 0.5) is 0 Å². The van der Waals surface area contributed by atoms with Gasteiger partial charge in [-0.15, -0.1) is 0 Å². The monoisotopic (exact) mass is 806 g/mol. The molecule has 6 heteroatoms. The third kappa shape index (κ3) is 44.0. The van der Waals surface area contributed by atoms with E-state index >= 15 is 0 Å². The summed E-state index contributed by atoms with van der Waals surface area (Å²) in [5.74, 6) is -0.0900. The zero-order chi connectivity index (χ0) is 41.5. The molecule has 2 atom stereocenters. The van der Waals surface area contributed by atoms with Gasteiger partial charge >= 0.3 is 5.97 Å². The molecule has 1 amide bonds. The number of esters is 1. The summed E-state index contributed by atoms with van der Waals surface area (Å²) in [6, 6.07) is -0.560. The van der Waals surface area contributed by atoms with Crippen LogP contribution in [0.1, 0.15) is 277 Å². The maximum absolute atomic E-state index is 12.4. The van der Waals surface area contributed by atoms with Gasteiger partial charge in [0.2, 0.25) is 5.91 Å². The van der Waals surface area contributed by atoms with Gasteiger partial charge in [0.1, 0.15) is 0 Å². The topological polar surface area (TPSA) is 95.9 Å². The van der Waals surface area contributed by atoms with Gasteiger partial charge < -0.3 is 20.3 Å². The summed E-state index contributed by atoms with van der Waals surface area (Å²) < 4.78 is 5.46. The van der Waals surface area contributed by atoms with Gasteiger partial charge in [0.25, 0.3) is 0 Å². The molecule has 2 unspecified atom stereocenters. The molecule has 57 heavy (non-hydrogen) atoms. The molecule has 3 N–H and O–H groups in total. The van der Waals surface area contributed by atoms with E-state index in [-0.39, 0.29) is 18.5 Å². The lowest BCUT2D eigenvalue weighted by Gasteiger charge is -2.22. The molecule has 6 nitrogen and oxygen atoms in total. The Morgan fingerprint density at radius 1 is 0.474 bits per heavy atom. The highest BCUT2D eigenvalue weighted by Crippen LogP contribution is 2.16. The van der Waals surface area contributed by atoms with Gasteiger partial charge in [0.05, 0.1) is 25.4 Å². The number of ether oxygens (including phenoxy) is 1. The molecule has 0 aromatic rings. The number of aliphatic hydroxyl groups excluding tert-OH is 2. The first kappa shape index (κ1) is 55.6. The van der Waals surface area contributed by atoms with Crippen molar-refractivity contribution in [1.29, 1.82) is 0 Å². The maximum Gasteiger partial charge on any atom is 0.305 e. The molecule has 0 saturated heterocycles. The zero-order valence-electron chi connectivity index (χ0n) is 38.3. The SMILES string of the molecule is CCCCCCCCC/C=C\CCCCCCCCCC(=O)OCCCCCCCCCCCC(=O)NC(CO)C(O)CCCCCCCCCCCCCCC. The molecule has 338 valence electrons.